The van der Waals surface area contributed by atoms with Crippen LogP contribution in [0.3, 0.4) is 0 Å². The van der Waals surface area contributed by atoms with E-state index in [1.807, 2.05) is 18.2 Å². The van der Waals surface area contributed by atoms with E-state index in [9.17, 15) is 9.59 Å². The van der Waals surface area contributed by atoms with Crippen LogP contribution in [0.2, 0.25) is 0 Å². The summed E-state index contributed by atoms with van der Waals surface area (Å²) in [6.07, 6.45) is 3.63. The molecule has 1 aliphatic heterocycles. The van der Waals surface area contributed by atoms with Gasteiger partial charge in [-0.3, -0.25) is 4.79 Å². The fraction of sp³-hybridized carbons (Fsp3) is 0.667. The lowest BCUT2D eigenvalue weighted by Gasteiger charge is -2.60. The Morgan fingerprint density at radius 2 is 1.79 bits per heavy atom. The van der Waals surface area contributed by atoms with Crippen molar-refractivity contribution in [3.63, 3.8) is 0 Å². The molecule has 0 radical (unpaired) electrons. The van der Waals surface area contributed by atoms with Crippen LogP contribution in [0.4, 0.5) is 0 Å². The van der Waals surface area contributed by atoms with Gasteiger partial charge in [-0.05, 0) is 49.1 Å². The Labute approximate surface area is 173 Å². The Morgan fingerprint density at radius 3 is 2.41 bits per heavy atom. The van der Waals surface area contributed by atoms with Crippen molar-refractivity contribution < 1.29 is 23.8 Å². The van der Waals surface area contributed by atoms with E-state index in [-0.39, 0.29) is 40.4 Å². The van der Waals surface area contributed by atoms with Gasteiger partial charge < -0.3 is 14.2 Å². The molecule has 3 fully saturated rings. The summed E-state index contributed by atoms with van der Waals surface area (Å²) in [5, 5.41) is 0. The van der Waals surface area contributed by atoms with E-state index in [1.165, 1.54) is 6.92 Å². The van der Waals surface area contributed by atoms with Gasteiger partial charge in [0, 0.05) is 18.3 Å². The van der Waals surface area contributed by atoms with Crippen molar-refractivity contribution >= 4 is 11.9 Å². The van der Waals surface area contributed by atoms with E-state index in [0.717, 1.165) is 32.3 Å². The average Bonchev–Trinajstić information content (AvgIpc) is 3.44. The molecular formula is C24H32O5. The number of fused-ring (bicyclic) bond motifs is 1. The molecule has 1 aromatic rings. The number of benzene rings is 1. The number of rotatable bonds is 4. The summed E-state index contributed by atoms with van der Waals surface area (Å²) in [6, 6.07) is 9.21. The second kappa shape index (κ2) is 7.12. The monoisotopic (exact) mass is 400 g/mol. The van der Waals surface area contributed by atoms with Gasteiger partial charge in [-0.25, -0.2) is 4.79 Å². The highest BCUT2D eigenvalue weighted by molar-refractivity contribution is 5.89. The SMILES string of the molecule is CC(=O)OC[C@H]1[C@@]2(CC[C@H]3C(C)(C)[C@@H](OC(=O)c4ccccc4)CC[C@@]31C)CO2. The molecule has 29 heavy (non-hydrogen) atoms. The third-order valence-corrected chi connectivity index (χ3v) is 7.98. The summed E-state index contributed by atoms with van der Waals surface area (Å²) in [4.78, 5) is 24.2. The molecule has 1 aromatic carbocycles. The molecule has 4 rings (SSSR count). The van der Waals surface area contributed by atoms with Gasteiger partial charge in [0.05, 0.1) is 24.4 Å². The van der Waals surface area contributed by atoms with Gasteiger partial charge in [-0.1, -0.05) is 39.0 Å². The summed E-state index contributed by atoms with van der Waals surface area (Å²) < 4.78 is 17.5. The zero-order valence-electron chi connectivity index (χ0n) is 17.9. The minimum Gasteiger partial charge on any atom is -0.465 e. The van der Waals surface area contributed by atoms with Crippen molar-refractivity contribution in [2.45, 2.75) is 65.1 Å². The van der Waals surface area contributed by atoms with Crippen LogP contribution in [0.1, 0.15) is 63.7 Å². The zero-order valence-corrected chi connectivity index (χ0v) is 17.9. The van der Waals surface area contributed by atoms with Crippen molar-refractivity contribution in [2.24, 2.45) is 22.7 Å². The minimum absolute atomic E-state index is 0.0106. The molecule has 0 bridgehead atoms. The molecule has 1 spiro atoms. The second-order valence-electron chi connectivity index (χ2n) is 9.93. The lowest BCUT2D eigenvalue weighted by atomic mass is 9.45. The van der Waals surface area contributed by atoms with Gasteiger partial charge >= 0.3 is 11.9 Å². The van der Waals surface area contributed by atoms with Gasteiger partial charge in [0.2, 0.25) is 0 Å². The summed E-state index contributed by atoms with van der Waals surface area (Å²) >= 11 is 0. The predicted octanol–water partition coefficient (Wildman–Crippen LogP) is 4.40. The zero-order chi connectivity index (χ0) is 20.9. The summed E-state index contributed by atoms with van der Waals surface area (Å²) in [5.41, 5.74) is 0.286. The Bertz CT molecular complexity index is 782. The van der Waals surface area contributed by atoms with Crippen LogP contribution >= 0.6 is 0 Å². The maximum absolute atomic E-state index is 12.7. The third-order valence-electron chi connectivity index (χ3n) is 7.98. The minimum atomic E-state index is -0.249. The first-order chi connectivity index (χ1) is 13.7. The molecule has 3 aliphatic rings. The van der Waals surface area contributed by atoms with Crippen LogP contribution < -0.4 is 0 Å². The molecule has 0 amide bonds. The number of esters is 2. The van der Waals surface area contributed by atoms with Gasteiger partial charge in [0.1, 0.15) is 6.10 Å². The molecular weight excluding hydrogens is 368 g/mol. The van der Waals surface area contributed by atoms with E-state index in [2.05, 4.69) is 20.8 Å². The van der Waals surface area contributed by atoms with Crippen molar-refractivity contribution in [2.75, 3.05) is 13.2 Å². The van der Waals surface area contributed by atoms with Crippen molar-refractivity contribution in [1.29, 1.82) is 0 Å². The Balaban J connectivity index is 1.55. The van der Waals surface area contributed by atoms with Gasteiger partial charge in [0.25, 0.3) is 0 Å². The number of carbonyl (C=O) groups is 2. The molecule has 5 atom stereocenters. The first-order valence-electron chi connectivity index (χ1n) is 10.7. The van der Waals surface area contributed by atoms with Crippen LogP contribution in [0.25, 0.3) is 0 Å². The van der Waals surface area contributed by atoms with E-state index in [4.69, 9.17) is 14.2 Å². The van der Waals surface area contributed by atoms with Crippen LogP contribution in [0, 0.1) is 22.7 Å². The lowest BCUT2D eigenvalue weighted by Crippen LogP contribution is -2.60. The molecule has 5 nitrogen and oxygen atoms in total. The van der Waals surface area contributed by atoms with E-state index >= 15 is 0 Å². The molecule has 2 saturated carbocycles. The quantitative estimate of drug-likeness (QED) is 0.554. The lowest BCUT2D eigenvalue weighted by molar-refractivity contribution is -0.174. The van der Waals surface area contributed by atoms with E-state index in [1.54, 1.807) is 12.1 Å². The average molecular weight is 401 g/mol. The standard InChI is InChI=1S/C24H32O5/c1-16(25)27-14-19-23(4)12-11-20(29-21(26)17-8-6-5-7-9-17)22(2,3)18(23)10-13-24(19)15-28-24/h5-9,18-20H,10-15H2,1-4H3/t18-,19+,20-,23-,24+/m0/s1. The fourth-order valence-electron chi connectivity index (χ4n) is 6.31. The molecule has 0 unspecified atom stereocenters. The molecule has 1 saturated heterocycles. The van der Waals surface area contributed by atoms with Crippen molar-refractivity contribution in [1.82, 2.24) is 0 Å². The van der Waals surface area contributed by atoms with Gasteiger partial charge in [-0.15, -0.1) is 0 Å². The first kappa shape index (κ1) is 20.4. The Hall–Kier alpha value is -1.88. The van der Waals surface area contributed by atoms with Crippen molar-refractivity contribution in [3.8, 4) is 0 Å². The molecule has 158 valence electrons. The summed E-state index contributed by atoms with van der Waals surface area (Å²) in [6.45, 7) is 9.42. The maximum Gasteiger partial charge on any atom is 0.338 e. The largest absolute Gasteiger partial charge is 0.465 e. The highest BCUT2D eigenvalue weighted by atomic mass is 16.6. The second-order valence-corrected chi connectivity index (χ2v) is 9.93. The molecule has 2 aliphatic carbocycles. The smallest absolute Gasteiger partial charge is 0.338 e. The Kier molecular flexibility index (Phi) is 5.01. The van der Waals surface area contributed by atoms with Crippen molar-refractivity contribution in [3.05, 3.63) is 35.9 Å². The highest BCUT2D eigenvalue weighted by Gasteiger charge is 2.67. The number of epoxide rings is 1. The third kappa shape index (κ3) is 3.48. The van der Waals surface area contributed by atoms with Crippen LogP contribution in [-0.4, -0.2) is 36.9 Å². The highest BCUT2D eigenvalue weighted by Crippen LogP contribution is 2.65. The van der Waals surface area contributed by atoms with E-state index in [0.29, 0.717) is 18.1 Å². The molecule has 0 N–H and O–H groups in total. The van der Waals surface area contributed by atoms with Crippen LogP contribution in [0.15, 0.2) is 30.3 Å². The van der Waals surface area contributed by atoms with Crippen LogP contribution in [0.5, 0.6) is 0 Å². The summed E-state index contributed by atoms with van der Waals surface area (Å²) in [7, 11) is 0. The Morgan fingerprint density at radius 1 is 1.10 bits per heavy atom. The first-order valence-corrected chi connectivity index (χ1v) is 10.7. The summed E-state index contributed by atoms with van der Waals surface area (Å²) in [5.74, 6) is 0.0632. The predicted molar refractivity (Wildman–Crippen MR) is 108 cm³/mol. The maximum atomic E-state index is 12.7. The topological polar surface area (TPSA) is 65.1 Å². The molecule has 1 heterocycles. The number of hydrogen-bond donors (Lipinski definition) is 0. The van der Waals surface area contributed by atoms with Gasteiger partial charge in [0.15, 0.2) is 0 Å². The number of hydrogen-bond acceptors (Lipinski definition) is 5. The fourth-order valence-corrected chi connectivity index (χ4v) is 6.31. The molecule has 5 heteroatoms. The molecule has 0 aromatic heterocycles. The van der Waals surface area contributed by atoms with Gasteiger partial charge in [-0.2, -0.15) is 0 Å². The number of ether oxygens (including phenoxy) is 3. The number of carbonyl (C=O) groups excluding carboxylic acids is 2. The van der Waals surface area contributed by atoms with Crippen LogP contribution in [-0.2, 0) is 19.0 Å². The van der Waals surface area contributed by atoms with E-state index < -0.39 is 0 Å². The normalized spacial score (nSPS) is 37.4.